The van der Waals surface area contributed by atoms with Crippen LogP contribution in [0.2, 0.25) is 0 Å². The summed E-state index contributed by atoms with van der Waals surface area (Å²) in [4.78, 5) is 21.0. The lowest BCUT2D eigenvalue weighted by molar-refractivity contribution is 0.286. The van der Waals surface area contributed by atoms with E-state index in [4.69, 9.17) is 9.26 Å². The van der Waals surface area contributed by atoms with Gasteiger partial charge in [-0.05, 0) is 54.7 Å². The zero-order valence-corrected chi connectivity index (χ0v) is 18.4. The van der Waals surface area contributed by atoms with Gasteiger partial charge in [0.25, 0.3) is 5.89 Å². The summed E-state index contributed by atoms with van der Waals surface area (Å²) in [6.45, 7) is 0.294. The van der Waals surface area contributed by atoms with Gasteiger partial charge in [-0.2, -0.15) is 4.98 Å². The van der Waals surface area contributed by atoms with Crippen molar-refractivity contribution in [3.63, 3.8) is 0 Å². The smallest absolute Gasteiger partial charge is 0.380 e. The monoisotopic (exact) mass is 443 g/mol. The van der Waals surface area contributed by atoms with Gasteiger partial charge in [-0.15, -0.1) is 16.1 Å². The maximum Gasteiger partial charge on any atom is 0.380 e. The minimum absolute atomic E-state index is 0.272. The number of nitrogens with zero attached hydrogens (tertiary/aromatic N) is 3. The summed E-state index contributed by atoms with van der Waals surface area (Å²) >= 11 is 1.59. The van der Waals surface area contributed by atoms with Crippen LogP contribution in [0.4, 0.5) is 0 Å². The molecule has 2 aromatic heterocycles. The van der Waals surface area contributed by atoms with Crippen molar-refractivity contribution in [3.05, 3.63) is 86.2 Å². The number of thiazole rings is 1. The van der Waals surface area contributed by atoms with Crippen molar-refractivity contribution in [2.75, 3.05) is 7.11 Å². The zero-order valence-electron chi connectivity index (χ0n) is 17.6. The SMILES string of the molecule is COc1ccc(Cn2oc(-c3cccc(C#Cc4nc(C5CCC5)cs4)c3)nc2=O)cc1. The number of hydrogen-bond acceptors (Lipinski definition) is 6. The lowest BCUT2D eigenvalue weighted by Gasteiger charge is -2.22. The standard InChI is InChI=1S/C25H21N3O3S/c1-30-21-11-8-18(9-12-21)15-28-25(29)27-24(31-28)20-7-2-4-17(14-20)10-13-23-26-22(16-32-23)19-5-3-6-19/h2,4,7-9,11-12,14,16,19H,3,5-6,15H2,1H3. The number of ether oxygens (including phenoxy) is 1. The van der Waals surface area contributed by atoms with Crippen molar-refractivity contribution in [2.24, 2.45) is 0 Å². The molecule has 4 aromatic rings. The van der Waals surface area contributed by atoms with Crippen LogP contribution in [0.3, 0.4) is 0 Å². The van der Waals surface area contributed by atoms with Gasteiger partial charge in [0.2, 0.25) is 0 Å². The largest absolute Gasteiger partial charge is 0.497 e. The van der Waals surface area contributed by atoms with Gasteiger partial charge in [-0.3, -0.25) is 0 Å². The first-order chi connectivity index (χ1) is 15.7. The quantitative estimate of drug-likeness (QED) is 0.419. The Balaban J connectivity index is 1.33. The normalized spacial score (nSPS) is 13.3. The summed E-state index contributed by atoms with van der Waals surface area (Å²) in [6.07, 6.45) is 3.76. The van der Waals surface area contributed by atoms with Gasteiger partial charge in [0.15, 0.2) is 5.01 Å². The maximum atomic E-state index is 12.3. The predicted octanol–water partition coefficient (Wildman–Crippen LogP) is 4.68. The molecule has 0 saturated heterocycles. The number of aromatic nitrogens is 3. The molecule has 1 aliphatic rings. The summed E-state index contributed by atoms with van der Waals surface area (Å²) in [7, 11) is 1.62. The molecule has 6 nitrogen and oxygen atoms in total. The van der Waals surface area contributed by atoms with Crippen LogP contribution in [0.5, 0.6) is 5.75 Å². The molecule has 2 heterocycles. The van der Waals surface area contributed by atoms with Crippen LogP contribution in [-0.2, 0) is 6.54 Å². The first-order valence-electron chi connectivity index (χ1n) is 10.5. The molecule has 0 unspecified atom stereocenters. The Kier molecular flexibility index (Phi) is 5.61. The molecular weight excluding hydrogens is 422 g/mol. The van der Waals surface area contributed by atoms with Crippen LogP contribution in [0.25, 0.3) is 11.5 Å². The van der Waals surface area contributed by atoms with E-state index in [9.17, 15) is 4.79 Å². The van der Waals surface area contributed by atoms with E-state index in [2.05, 4.69) is 27.2 Å². The van der Waals surface area contributed by atoms with Crippen molar-refractivity contribution in [2.45, 2.75) is 31.7 Å². The predicted molar refractivity (Wildman–Crippen MR) is 123 cm³/mol. The highest BCUT2D eigenvalue weighted by Gasteiger charge is 2.21. The van der Waals surface area contributed by atoms with E-state index in [0.29, 0.717) is 18.0 Å². The highest BCUT2D eigenvalue weighted by Crippen LogP contribution is 2.36. The zero-order chi connectivity index (χ0) is 21.9. The van der Waals surface area contributed by atoms with E-state index in [-0.39, 0.29) is 5.89 Å². The van der Waals surface area contributed by atoms with Crippen molar-refractivity contribution < 1.29 is 9.26 Å². The Morgan fingerprint density at radius 1 is 1.16 bits per heavy atom. The fraction of sp³-hybridized carbons (Fsp3) is 0.240. The van der Waals surface area contributed by atoms with Crippen molar-refractivity contribution in [3.8, 4) is 29.0 Å². The molecule has 0 spiro atoms. The van der Waals surface area contributed by atoms with E-state index in [1.54, 1.807) is 18.4 Å². The van der Waals surface area contributed by atoms with Gasteiger partial charge in [-0.25, -0.2) is 9.78 Å². The molecule has 0 N–H and O–H groups in total. The number of rotatable bonds is 5. The third-order valence-corrected chi connectivity index (χ3v) is 6.34. The summed E-state index contributed by atoms with van der Waals surface area (Å²) in [5, 5.41) is 2.95. The molecule has 1 saturated carbocycles. The van der Waals surface area contributed by atoms with Crippen LogP contribution in [0.15, 0.2) is 63.2 Å². The molecule has 0 radical (unpaired) electrons. The molecule has 160 valence electrons. The van der Waals surface area contributed by atoms with Gasteiger partial charge in [-0.1, -0.05) is 30.5 Å². The average molecular weight is 444 g/mol. The topological polar surface area (TPSA) is 70.2 Å². The van der Waals surface area contributed by atoms with E-state index < -0.39 is 5.69 Å². The van der Waals surface area contributed by atoms with Gasteiger partial charge in [0.1, 0.15) is 5.75 Å². The summed E-state index contributed by atoms with van der Waals surface area (Å²) in [5.74, 6) is 7.96. The average Bonchev–Trinajstić information content (AvgIpc) is 3.39. The van der Waals surface area contributed by atoms with E-state index >= 15 is 0 Å². The second-order valence-corrected chi connectivity index (χ2v) is 8.57. The van der Waals surface area contributed by atoms with Crippen molar-refractivity contribution in [1.29, 1.82) is 0 Å². The Morgan fingerprint density at radius 2 is 2.00 bits per heavy atom. The minimum atomic E-state index is -0.432. The van der Waals surface area contributed by atoms with E-state index in [1.807, 2.05) is 48.5 Å². The number of benzene rings is 2. The number of methoxy groups -OCH3 is 1. The van der Waals surface area contributed by atoms with Crippen LogP contribution < -0.4 is 10.4 Å². The Morgan fingerprint density at radius 3 is 2.75 bits per heavy atom. The summed E-state index contributed by atoms with van der Waals surface area (Å²) in [5.41, 5.74) is 3.17. The maximum absolute atomic E-state index is 12.3. The molecule has 5 rings (SSSR count). The molecular formula is C25H21N3O3S. The lowest BCUT2D eigenvalue weighted by atomic mass is 9.83. The van der Waals surface area contributed by atoms with Crippen LogP contribution in [0, 0.1) is 11.8 Å². The third kappa shape index (κ3) is 4.36. The molecule has 7 heteroatoms. The highest BCUT2D eigenvalue weighted by molar-refractivity contribution is 7.10. The minimum Gasteiger partial charge on any atom is -0.497 e. The highest BCUT2D eigenvalue weighted by atomic mass is 32.1. The first kappa shape index (κ1) is 20.3. The fourth-order valence-corrected chi connectivity index (χ4v) is 4.26. The molecule has 1 fully saturated rings. The van der Waals surface area contributed by atoms with Gasteiger partial charge >= 0.3 is 5.69 Å². The number of hydrogen-bond donors (Lipinski definition) is 0. The Bertz CT molecular complexity index is 1350. The van der Waals surface area contributed by atoms with Crippen LogP contribution in [0.1, 0.15) is 47.0 Å². The van der Waals surface area contributed by atoms with Gasteiger partial charge in [0.05, 0.1) is 19.3 Å². The second-order valence-electron chi connectivity index (χ2n) is 7.71. The van der Waals surface area contributed by atoms with Crippen LogP contribution >= 0.6 is 11.3 Å². The molecule has 32 heavy (non-hydrogen) atoms. The van der Waals surface area contributed by atoms with E-state index in [0.717, 1.165) is 21.9 Å². The van der Waals surface area contributed by atoms with Crippen molar-refractivity contribution >= 4 is 11.3 Å². The van der Waals surface area contributed by atoms with Crippen molar-refractivity contribution in [1.82, 2.24) is 14.7 Å². The lowest BCUT2D eigenvalue weighted by Crippen LogP contribution is -2.16. The molecule has 1 aliphatic carbocycles. The summed E-state index contributed by atoms with van der Waals surface area (Å²) in [6, 6.07) is 15.0. The Hall–Kier alpha value is -3.63. The molecule has 0 amide bonds. The van der Waals surface area contributed by atoms with Gasteiger partial charge < -0.3 is 9.26 Å². The first-order valence-corrected chi connectivity index (χ1v) is 11.3. The van der Waals surface area contributed by atoms with Gasteiger partial charge in [0, 0.05) is 22.4 Å². The third-order valence-electron chi connectivity index (χ3n) is 5.56. The molecule has 2 aromatic carbocycles. The molecule has 0 atom stereocenters. The Labute approximate surface area is 189 Å². The molecule has 0 aliphatic heterocycles. The van der Waals surface area contributed by atoms with Crippen LogP contribution in [-0.4, -0.2) is 21.8 Å². The molecule has 0 bridgehead atoms. The summed E-state index contributed by atoms with van der Waals surface area (Å²) < 4.78 is 12.1. The van der Waals surface area contributed by atoms with E-state index in [1.165, 1.54) is 29.7 Å². The fourth-order valence-electron chi connectivity index (χ4n) is 3.51. The second kappa shape index (κ2) is 8.85.